The first-order valence-electron chi connectivity index (χ1n) is 12.7. The zero-order valence-corrected chi connectivity index (χ0v) is 22.9. The number of rotatable bonds is 7. The zero-order chi connectivity index (χ0) is 27.0. The molecule has 0 aromatic heterocycles. The van der Waals surface area contributed by atoms with E-state index in [4.69, 9.17) is 14.5 Å². The highest BCUT2D eigenvalue weighted by Gasteiger charge is 2.36. The fourth-order valence-corrected chi connectivity index (χ4v) is 6.65. The lowest BCUT2D eigenvalue weighted by atomic mass is 9.79. The first-order chi connectivity index (χ1) is 18.2. The van der Waals surface area contributed by atoms with Gasteiger partial charge in [0.25, 0.3) is 10.0 Å². The van der Waals surface area contributed by atoms with Crippen LogP contribution in [0.2, 0.25) is 0 Å². The number of nitrogens with one attached hydrogen (secondary N) is 1. The fourth-order valence-electron chi connectivity index (χ4n) is 5.33. The summed E-state index contributed by atoms with van der Waals surface area (Å²) in [5, 5.41) is 9.78. The maximum atomic E-state index is 13.0. The van der Waals surface area contributed by atoms with Crippen molar-refractivity contribution in [1.29, 1.82) is 0 Å². The van der Waals surface area contributed by atoms with Crippen LogP contribution in [0.15, 0.2) is 64.5 Å². The van der Waals surface area contributed by atoms with E-state index >= 15 is 0 Å². The van der Waals surface area contributed by atoms with Crippen LogP contribution in [0.4, 0.5) is 5.69 Å². The molecule has 0 aliphatic carbocycles. The van der Waals surface area contributed by atoms with E-state index in [0.717, 1.165) is 42.1 Å². The standard InChI is InChI=1S/C29H33N3O5S/c1-5-37-27-15-22-23(16-26(27)36-4)29(30-25-12-13-32(3)17-24(22)25)19-7-9-20(10-8-19)31-38(34,35)28-14-21(33)11-6-18(28)2/h6-11,14-16,24-25,31,33H,5,12-13,17H2,1-4H3/t24-,25-/m1/s1. The largest absolute Gasteiger partial charge is 0.508 e. The van der Waals surface area contributed by atoms with Crippen molar-refractivity contribution < 1.29 is 23.0 Å². The summed E-state index contributed by atoms with van der Waals surface area (Å²) in [7, 11) is -0.0943. The predicted octanol–water partition coefficient (Wildman–Crippen LogP) is 4.55. The van der Waals surface area contributed by atoms with Crippen LogP contribution >= 0.6 is 0 Å². The van der Waals surface area contributed by atoms with E-state index < -0.39 is 10.0 Å². The van der Waals surface area contributed by atoms with Crippen LogP contribution < -0.4 is 14.2 Å². The molecule has 8 nitrogen and oxygen atoms in total. The molecule has 200 valence electrons. The molecule has 0 saturated carbocycles. The van der Waals surface area contributed by atoms with E-state index in [2.05, 4.69) is 22.7 Å². The van der Waals surface area contributed by atoms with Gasteiger partial charge in [-0.1, -0.05) is 18.2 Å². The Balaban J connectivity index is 1.50. The number of anilines is 1. The molecule has 2 aliphatic rings. The Morgan fingerprint density at radius 2 is 1.87 bits per heavy atom. The molecule has 0 radical (unpaired) electrons. The Morgan fingerprint density at radius 1 is 1.11 bits per heavy atom. The Labute approximate surface area is 224 Å². The van der Waals surface area contributed by atoms with Gasteiger partial charge in [0.15, 0.2) is 11.5 Å². The number of aliphatic imine (C=N–C) groups is 1. The van der Waals surface area contributed by atoms with Gasteiger partial charge in [-0.3, -0.25) is 9.71 Å². The van der Waals surface area contributed by atoms with E-state index in [1.165, 1.54) is 17.7 Å². The van der Waals surface area contributed by atoms with Gasteiger partial charge in [-0.25, -0.2) is 8.42 Å². The summed E-state index contributed by atoms with van der Waals surface area (Å²) in [4.78, 5) is 7.58. The number of likely N-dealkylation sites (tertiary alicyclic amines) is 1. The van der Waals surface area contributed by atoms with Gasteiger partial charge in [0.1, 0.15) is 5.75 Å². The SMILES string of the molecule is CCOc1cc2c(cc1OC)C(c1ccc(NS(=O)(=O)c3cc(O)ccc3C)cc1)=N[C@@H]1CCN(C)C[C@H]21. The molecule has 0 spiro atoms. The second-order valence-corrected chi connectivity index (χ2v) is 11.5. The van der Waals surface area contributed by atoms with Gasteiger partial charge in [0.2, 0.25) is 0 Å². The normalized spacial score (nSPS) is 19.2. The van der Waals surface area contributed by atoms with Crippen LogP contribution in [0.25, 0.3) is 0 Å². The summed E-state index contributed by atoms with van der Waals surface area (Å²) in [5.74, 6) is 1.55. The number of aryl methyl sites for hydroxylation is 1. The van der Waals surface area contributed by atoms with E-state index in [0.29, 0.717) is 23.6 Å². The Kier molecular flexibility index (Phi) is 7.07. The summed E-state index contributed by atoms with van der Waals surface area (Å²) >= 11 is 0. The van der Waals surface area contributed by atoms with Crippen LogP contribution in [0.5, 0.6) is 17.2 Å². The fraction of sp³-hybridized carbons (Fsp3) is 0.345. The number of sulfonamides is 1. The lowest BCUT2D eigenvalue weighted by Gasteiger charge is -2.39. The van der Waals surface area contributed by atoms with Gasteiger partial charge in [0, 0.05) is 35.3 Å². The van der Waals surface area contributed by atoms with Gasteiger partial charge in [-0.05, 0) is 75.3 Å². The number of piperidine rings is 1. The number of phenols is 1. The molecular weight excluding hydrogens is 502 g/mol. The minimum atomic E-state index is -3.87. The van der Waals surface area contributed by atoms with Crippen molar-refractivity contribution in [3.05, 3.63) is 76.9 Å². The highest BCUT2D eigenvalue weighted by Crippen LogP contribution is 2.42. The molecule has 0 bridgehead atoms. The van der Waals surface area contributed by atoms with Gasteiger partial charge < -0.3 is 19.5 Å². The molecule has 0 amide bonds. The zero-order valence-electron chi connectivity index (χ0n) is 22.1. The molecule has 0 unspecified atom stereocenters. The molecular formula is C29H33N3O5S. The molecule has 5 rings (SSSR count). The maximum absolute atomic E-state index is 13.0. The Bertz CT molecular complexity index is 1480. The summed E-state index contributed by atoms with van der Waals surface area (Å²) in [6.07, 6.45) is 0.960. The van der Waals surface area contributed by atoms with Crippen molar-refractivity contribution in [2.45, 2.75) is 37.1 Å². The number of ether oxygens (including phenoxy) is 2. The molecule has 3 aromatic rings. The average Bonchev–Trinajstić information content (AvgIpc) is 2.90. The number of benzene rings is 3. The topological polar surface area (TPSA) is 100 Å². The van der Waals surface area contributed by atoms with Crippen molar-refractivity contribution >= 4 is 21.4 Å². The molecule has 2 heterocycles. The third-order valence-electron chi connectivity index (χ3n) is 7.24. The van der Waals surface area contributed by atoms with Crippen molar-refractivity contribution in [2.75, 3.05) is 38.6 Å². The number of hydrogen-bond acceptors (Lipinski definition) is 7. The van der Waals surface area contributed by atoms with Gasteiger partial charge in [-0.15, -0.1) is 0 Å². The van der Waals surface area contributed by atoms with Gasteiger partial charge in [-0.2, -0.15) is 0 Å². The number of methoxy groups -OCH3 is 1. The Hall–Kier alpha value is -3.56. The molecule has 38 heavy (non-hydrogen) atoms. The van der Waals surface area contributed by atoms with Crippen LogP contribution in [-0.4, -0.2) is 64.0 Å². The number of fused-ring (bicyclic) bond motifs is 3. The number of nitrogens with zero attached hydrogens (tertiary/aromatic N) is 2. The molecule has 9 heteroatoms. The summed E-state index contributed by atoms with van der Waals surface area (Å²) in [5.41, 5.74) is 4.94. The van der Waals surface area contributed by atoms with Crippen LogP contribution in [0.3, 0.4) is 0 Å². The number of hydrogen-bond donors (Lipinski definition) is 2. The summed E-state index contributed by atoms with van der Waals surface area (Å²) in [6.45, 7) is 6.10. The highest BCUT2D eigenvalue weighted by atomic mass is 32.2. The van der Waals surface area contributed by atoms with Crippen molar-refractivity contribution in [2.24, 2.45) is 4.99 Å². The quantitative estimate of drug-likeness (QED) is 0.461. The second kappa shape index (κ2) is 10.3. The van der Waals surface area contributed by atoms with Gasteiger partial charge >= 0.3 is 0 Å². The van der Waals surface area contributed by atoms with E-state index in [1.807, 2.05) is 25.1 Å². The van der Waals surface area contributed by atoms with Crippen molar-refractivity contribution in [1.82, 2.24) is 4.90 Å². The van der Waals surface area contributed by atoms with E-state index in [9.17, 15) is 13.5 Å². The smallest absolute Gasteiger partial charge is 0.262 e. The van der Waals surface area contributed by atoms with E-state index in [1.54, 1.807) is 32.2 Å². The molecule has 2 N–H and O–H groups in total. The molecule has 1 saturated heterocycles. The van der Waals surface area contributed by atoms with Crippen LogP contribution in [0, 0.1) is 6.92 Å². The summed E-state index contributed by atoms with van der Waals surface area (Å²) in [6, 6.07) is 15.8. The monoisotopic (exact) mass is 535 g/mol. The highest BCUT2D eigenvalue weighted by molar-refractivity contribution is 7.92. The molecule has 2 atom stereocenters. The van der Waals surface area contributed by atoms with Crippen LogP contribution in [-0.2, 0) is 10.0 Å². The minimum absolute atomic E-state index is 0.0395. The first-order valence-corrected chi connectivity index (χ1v) is 14.2. The lowest BCUT2D eigenvalue weighted by molar-refractivity contribution is 0.226. The van der Waals surface area contributed by atoms with Crippen molar-refractivity contribution in [3.63, 3.8) is 0 Å². The minimum Gasteiger partial charge on any atom is -0.508 e. The molecule has 3 aromatic carbocycles. The van der Waals surface area contributed by atoms with Crippen molar-refractivity contribution in [3.8, 4) is 17.2 Å². The number of phenolic OH excluding ortho intramolecular Hbond substituents is 1. The third-order valence-corrected chi connectivity index (χ3v) is 8.76. The molecule has 2 aliphatic heterocycles. The number of aromatic hydroxyl groups is 1. The third kappa shape index (κ3) is 4.96. The van der Waals surface area contributed by atoms with E-state index in [-0.39, 0.29) is 22.6 Å². The average molecular weight is 536 g/mol. The predicted molar refractivity (Wildman–Crippen MR) is 149 cm³/mol. The summed E-state index contributed by atoms with van der Waals surface area (Å²) < 4.78 is 40.1. The maximum Gasteiger partial charge on any atom is 0.262 e. The number of likely N-dealkylation sites (N-methyl/N-ethyl adjacent to an activating group) is 1. The first kappa shape index (κ1) is 26.1. The Morgan fingerprint density at radius 3 is 2.58 bits per heavy atom. The van der Waals surface area contributed by atoms with Crippen LogP contribution in [0.1, 0.15) is 41.5 Å². The lowest BCUT2D eigenvalue weighted by Crippen LogP contribution is -2.41. The molecule has 1 fully saturated rings. The van der Waals surface area contributed by atoms with Gasteiger partial charge in [0.05, 0.1) is 30.4 Å². The second-order valence-electron chi connectivity index (χ2n) is 9.86.